The van der Waals surface area contributed by atoms with Crippen molar-refractivity contribution in [3.63, 3.8) is 0 Å². The first-order valence-electron chi connectivity index (χ1n) is 8.80. The molecular formula is C21H23N3O. The van der Waals surface area contributed by atoms with Gasteiger partial charge in [0.15, 0.2) is 0 Å². The summed E-state index contributed by atoms with van der Waals surface area (Å²) in [5.74, 6) is 0.350. The van der Waals surface area contributed by atoms with Gasteiger partial charge in [0.2, 0.25) is 0 Å². The molecule has 2 heterocycles. The first kappa shape index (κ1) is 16.1. The lowest BCUT2D eigenvalue weighted by Gasteiger charge is -2.36. The van der Waals surface area contributed by atoms with Crippen LogP contribution in [0.25, 0.3) is 0 Å². The maximum absolute atomic E-state index is 10.5. The number of rotatable bonds is 5. The second-order valence-electron chi connectivity index (χ2n) is 6.74. The van der Waals surface area contributed by atoms with E-state index < -0.39 is 6.10 Å². The minimum Gasteiger partial charge on any atom is -0.390 e. The van der Waals surface area contributed by atoms with E-state index in [1.165, 1.54) is 16.7 Å². The van der Waals surface area contributed by atoms with Crippen LogP contribution in [-0.4, -0.2) is 39.0 Å². The van der Waals surface area contributed by atoms with Gasteiger partial charge in [0, 0.05) is 37.9 Å². The van der Waals surface area contributed by atoms with E-state index in [2.05, 4.69) is 64.6 Å². The molecule has 2 atom stereocenters. The molecule has 4 nitrogen and oxygen atoms in total. The lowest BCUT2D eigenvalue weighted by molar-refractivity contribution is 0.0861. The van der Waals surface area contributed by atoms with Gasteiger partial charge in [0.05, 0.1) is 12.6 Å². The minimum atomic E-state index is -0.429. The van der Waals surface area contributed by atoms with Crippen molar-refractivity contribution in [2.24, 2.45) is 0 Å². The van der Waals surface area contributed by atoms with E-state index in [0.717, 1.165) is 13.1 Å². The molecule has 4 heteroatoms. The van der Waals surface area contributed by atoms with Gasteiger partial charge < -0.3 is 5.11 Å². The Balaban J connectivity index is 1.53. The average Bonchev–Trinajstić information content (AvgIpc) is 3.14. The van der Waals surface area contributed by atoms with Crippen LogP contribution in [0.15, 0.2) is 73.1 Å². The minimum absolute atomic E-state index is 0.350. The summed E-state index contributed by atoms with van der Waals surface area (Å²) in [4.78, 5) is 2.36. The number of aromatic nitrogens is 2. The summed E-state index contributed by atoms with van der Waals surface area (Å²) < 4.78 is 1.79. The zero-order valence-corrected chi connectivity index (χ0v) is 14.2. The Morgan fingerprint density at radius 2 is 1.80 bits per heavy atom. The summed E-state index contributed by atoms with van der Waals surface area (Å²) in [7, 11) is 0. The van der Waals surface area contributed by atoms with Gasteiger partial charge in [-0.15, -0.1) is 0 Å². The lowest BCUT2D eigenvalue weighted by Crippen LogP contribution is -2.40. The van der Waals surface area contributed by atoms with Crippen LogP contribution in [0.2, 0.25) is 0 Å². The molecule has 4 rings (SSSR count). The zero-order chi connectivity index (χ0) is 17.1. The number of aliphatic hydroxyl groups is 1. The van der Waals surface area contributed by atoms with Crippen LogP contribution in [0.4, 0.5) is 0 Å². The highest BCUT2D eigenvalue weighted by Crippen LogP contribution is 2.33. The summed E-state index contributed by atoms with van der Waals surface area (Å²) in [6.45, 7) is 2.99. The maximum Gasteiger partial charge on any atom is 0.0862 e. The number of fused-ring (bicyclic) bond motifs is 1. The SMILES string of the molecule is O[C@H](CN1Cc2ccccc2[C@H](c2ccccc2)C1)Cn1cccn1. The van der Waals surface area contributed by atoms with E-state index in [0.29, 0.717) is 19.0 Å². The third-order valence-corrected chi connectivity index (χ3v) is 4.89. The number of nitrogens with zero attached hydrogens (tertiary/aromatic N) is 3. The second kappa shape index (κ2) is 7.21. The van der Waals surface area contributed by atoms with Gasteiger partial charge in [-0.25, -0.2) is 0 Å². The van der Waals surface area contributed by atoms with Crippen molar-refractivity contribution in [3.8, 4) is 0 Å². The molecule has 1 aliphatic rings. The van der Waals surface area contributed by atoms with Gasteiger partial charge in [0.1, 0.15) is 0 Å². The van der Waals surface area contributed by atoms with Crippen molar-refractivity contribution in [1.82, 2.24) is 14.7 Å². The number of aliphatic hydroxyl groups excluding tert-OH is 1. The zero-order valence-electron chi connectivity index (χ0n) is 14.2. The van der Waals surface area contributed by atoms with Gasteiger partial charge in [-0.2, -0.15) is 5.10 Å². The molecule has 1 aromatic heterocycles. The second-order valence-corrected chi connectivity index (χ2v) is 6.74. The maximum atomic E-state index is 10.5. The summed E-state index contributed by atoms with van der Waals surface area (Å²) in [5.41, 5.74) is 4.10. The van der Waals surface area contributed by atoms with E-state index in [1.54, 1.807) is 10.9 Å². The number of β-amino-alcohol motifs (C(OH)–C–C–N with tert-alkyl or cyclic N) is 1. The Bertz CT molecular complexity index is 801. The quantitative estimate of drug-likeness (QED) is 0.780. The van der Waals surface area contributed by atoms with Crippen LogP contribution >= 0.6 is 0 Å². The van der Waals surface area contributed by atoms with Crippen LogP contribution in [0.1, 0.15) is 22.6 Å². The average molecular weight is 333 g/mol. The van der Waals surface area contributed by atoms with Crippen LogP contribution in [0.5, 0.6) is 0 Å². The van der Waals surface area contributed by atoms with Gasteiger partial charge in [-0.05, 0) is 22.8 Å². The van der Waals surface area contributed by atoms with Crippen molar-refractivity contribution >= 4 is 0 Å². The molecule has 3 aromatic rings. The van der Waals surface area contributed by atoms with Gasteiger partial charge in [0.25, 0.3) is 0 Å². The molecule has 0 unspecified atom stereocenters. The van der Waals surface area contributed by atoms with Gasteiger partial charge in [-0.1, -0.05) is 54.6 Å². The molecule has 0 aliphatic carbocycles. The predicted octanol–water partition coefficient (Wildman–Crippen LogP) is 2.89. The van der Waals surface area contributed by atoms with Gasteiger partial charge >= 0.3 is 0 Å². The molecule has 2 aromatic carbocycles. The van der Waals surface area contributed by atoms with E-state index in [4.69, 9.17) is 0 Å². The summed E-state index contributed by atoms with van der Waals surface area (Å²) >= 11 is 0. The van der Waals surface area contributed by atoms with Crippen LogP contribution in [-0.2, 0) is 13.1 Å². The molecule has 1 aliphatic heterocycles. The fourth-order valence-electron chi connectivity index (χ4n) is 3.77. The van der Waals surface area contributed by atoms with E-state index in [9.17, 15) is 5.11 Å². The predicted molar refractivity (Wildman–Crippen MR) is 98.2 cm³/mol. The molecule has 128 valence electrons. The molecule has 0 spiro atoms. The van der Waals surface area contributed by atoms with Crippen molar-refractivity contribution < 1.29 is 5.11 Å². The molecule has 25 heavy (non-hydrogen) atoms. The molecule has 0 saturated heterocycles. The highest BCUT2D eigenvalue weighted by molar-refractivity contribution is 5.40. The summed E-state index contributed by atoms with van der Waals surface area (Å²) in [6, 6.07) is 21.2. The van der Waals surface area contributed by atoms with Crippen molar-refractivity contribution in [2.75, 3.05) is 13.1 Å². The standard InChI is InChI=1S/C21H23N3O/c25-19(15-24-12-6-11-22-24)14-23-13-18-9-4-5-10-20(18)21(16-23)17-7-2-1-3-8-17/h1-12,19,21,25H,13-16H2/t19-,21+/m1/s1. The van der Waals surface area contributed by atoms with Crippen LogP contribution in [0.3, 0.4) is 0 Å². The third-order valence-electron chi connectivity index (χ3n) is 4.89. The van der Waals surface area contributed by atoms with E-state index in [-0.39, 0.29) is 0 Å². The van der Waals surface area contributed by atoms with Crippen molar-refractivity contribution in [3.05, 3.63) is 89.7 Å². The van der Waals surface area contributed by atoms with E-state index >= 15 is 0 Å². The molecule has 0 saturated carbocycles. The molecule has 0 radical (unpaired) electrons. The molecular weight excluding hydrogens is 310 g/mol. The Morgan fingerprint density at radius 1 is 1.00 bits per heavy atom. The van der Waals surface area contributed by atoms with Crippen LogP contribution < -0.4 is 0 Å². The Labute approximate surface area is 148 Å². The van der Waals surface area contributed by atoms with Crippen molar-refractivity contribution in [2.45, 2.75) is 25.1 Å². The summed E-state index contributed by atoms with van der Waals surface area (Å²) in [6.07, 6.45) is 3.21. The number of hydrogen-bond acceptors (Lipinski definition) is 3. The first-order chi connectivity index (χ1) is 12.3. The summed E-state index contributed by atoms with van der Waals surface area (Å²) in [5, 5.41) is 14.7. The monoisotopic (exact) mass is 333 g/mol. The Hall–Kier alpha value is -2.43. The molecule has 0 amide bonds. The fourth-order valence-corrected chi connectivity index (χ4v) is 3.77. The highest BCUT2D eigenvalue weighted by atomic mass is 16.3. The Morgan fingerprint density at radius 3 is 2.60 bits per heavy atom. The highest BCUT2D eigenvalue weighted by Gasteiger charge is 2.27. The normalized spacial score (nSPS) is 18.7. The van der Waals surface area contributed by atoms with E-state index in [1.807, 2.05) is 12.3 Å². The number of benzene rings is 2. The van der Waals surface area contributed by atoms with Crippen LogP contribution in [0, 0.1) is 0 Å². The third kappa shape index (κ3) is 3.65. The Kier molecular flexibility index (Phi) is 4.63. The smallest absolute Gasteiger partial charge is 0.0862 e. The lowest BCUT2D eigenvalue weighted by atomic mass is 9.84. The fraction of sp³-hybridized carbons (Fsp3) is 0.286. The topological polar surface area (TPSA) is 41.3 Å². The largest absolute Gasteiger partial charge is 0.390 e. The van der Waals surface area contributed by atoms with Crippen molar-refractivity contribution in [1.29, 1.82) is 0 Å². The molecule has 0 bridgehead atoms. The number of hydrogen-bond donors (Lipinski definition) is 1. The first-order valence-corrected chi connectivity index (χ1v) is 8.80. The molecule has 0 fully saturated rings. The van der Waals surface area contributed by atoms with Gasteiger partial charge in [-0.3, -0.25) is 9.58 Å². The molecule has 1 N–H and O–H groups in total.